The molecule has 2 rings (SSSR count). The van der Waals surface area contributed by atoms with Crippen LogP contribution >= 0.6 is 0 Å². The van der Waals surface area contributed by atoms with E-state index in [0.717, 1.165) is 43.6 Å². The van der Waals surface area contributed by atoms with Crippen LogP contribution in [0.4, 0.5) is 5.69 Å². The number of piperidine rings is 1. The number of nitrogens with one attached hydrogen (secondary N) is 1. The van der Waals surface area contributed by atoms with Crippen LogP contribution in [0, 0.1) is 20.8 Å². The highest BCUT2D eigenvalue weighted by Gasteiger charge is 2.28. The Balaban J connectivity index is 2.15. The highest BCUT2D eigenvalue weighted by atomic mass is 16.2. The lowest BCUT2D eigenvalue weighted by Crippen LogP contribution is -2.47. The summed E-state index contributed by atoms with van der Waals surface area (Å²) in [6.07, 6.45) is 4.46. The Morgan fingerprint density at radius 1 is 1.24 bits per heavy atom. The van der Waals surface area contributed by atoms with Crippen LogP contribution in [0.25, 0.3) is 0 Å². The van der Waals surface area contributed by atoms with E-state index in [9.17, 15) is 4.79 Å². The van der Waals surface area contributed by atoms with Crippen LogP contribution in [0.1, 0.15) is 49.3 Å². The number of likely N-dealkylation sites (tertiary alicyclic amines) is 1. The maximum Gasteiger partial charge on any atom is 0.241 e. The molecule has 0 aliphatic carbocycles. The number of carbonyl (C=O) groups is 1. The van der Waals surface area contributed by atoms with Crippen molar-refractivity contribution in [2.45, 2.75) is 59.4 Å². The summed E-state index contributed by atoms with van der Waals surface area (Å²) in [6, 6.07) is 4.24. The van der Waals surface area contributed by atoms with Gasteiger partial charge in [0, 0.05) is 5.69 Å². The highest BCUT2D eigenvalue weighted by Crippen LogP contribution is 2.25. The van der Waals surface area contributed by atoms with Gasteiger partial charge in [0.05, 0.1) is 6.04 Å². The van der Waals surface area contributed by atoms with Gasteiger partial charge in [-0.1, -0.05) is 25.5 Å². The molecule has 1 aromatic carbocycles. The molecule has 1 heterocycles. The van der Waals surface area contributed by atoms with Gasteiger partial charge >= 0.3 is 0 Å². The molecule has 1 N–H and O–H groups in total. The molecule has 1 aromatic rings. The molecule has 0 radical (unpaired) electrons. The number of rotatable bonds is 4. The third-order valence-electron chi connectivity index (χ3n) is 4.62. The molecule has 1 aliphatic heterocycles. The van der Waals surface area contributed by atoms with Crippen molar-refractivity contribution in [1.29, 1.82) is 0 Å². The standard InChI is InChI=1S/C18H28N2O/c1-5-11-20-12-7-6-8-16(20)18(21)19-17-14(3)10-9-13(2)15(17)4/h9-10,16H,5-8,11-12H2,1-4H3,(H,19,21)/t16-/m0/s1. The first-order valence-electron chi connectivity index (χ1n) is 8.16. The van der Waals surface area contributed by atoms with Crippen LogP contribution in [0.15, 0.2) is 12.1 Å². The van der Waals surface area contributed by atoms with Gasteiger partial charge in [-0.05, 0) is 69.8 Å². The molecule has 3 nitrogen and oxygen atoms in total. The van der Waals surface area contributed by atoms with Crippen molar-refractivity contribution < 1.29 is 4.79 Å². The van der Waals surface area contributed by atoms with E-state index in [1.165, 1.54) is 17.5 Å². The predicted molar refractivity (Wildman–Crippen MR) is 88.8 cm³/mol. The number of carbonyl (C=O) groups excluding carboxylic acids is 1. The Morgan fingerprint density at radius 2 is 1.95 bits per heavy atom. The average Bonchev–Trinajstić information content (AvgIpc) is 2.48. The van der Waals surface area contributed by atoms with Crippen LogP contribution in [0.5, 0.6) is 0 Å². The molecule has 1 aliphatic rings. The summed E-state index contributed by atoms with van der Waals surface area (Å²) in [5, 5.41) is 3.20. The molecule has 1 atom stereocenters. The maximum atomic E-state index is 12.7. The van der Waals surface area contributed by atoms with E-state index in [1.54, 1.807) is 0 Å². The molecule has 1 saturated heterocycles. The van der Waals surface area contributed by atoms with E-state index in [1.807, 2.05) is 0 Å². The van der Waals surface area contributed by atoms with Crippen LogP contribution in [-0.2, 0) is 4.79 Å². The van der Waals surface area contributed by atoms with Gasteiger partial charge in [-0.25, -0.2) is 0 Å². The van der Waals surface area contributed by atoms with Gasteiger partial charge in [0.15, 0.2) is 0 Å². The minimum absolute atomic E-state index is 0.0398. The Hall–Kier alpha value is -1.35. The third-order valence-corrected chi connectivity index (χ3v) is 4.62. The van der Waals surface area contributed by atoms with E-state index < -0.39 is 0 Å². The van der Waals surface area contributed by atoms with Crippen molar-refractivity contribution in [3.05, 3.63) is 28.8 Å². The highest BCUT2D eigenvalue weighted by molar-refractivity contribution is 5.96. The molecule has 116 valence electrons. The zero-order chi connectivity index (χ0) is 15.4. The lowest BCUT2D eigenvalue weighted by molar-refractivity contribution is -0.122. The van der Waals surface area contributed by atoms with E-state index >= 15 is 0 Å². The van der Waals surface area contributed by atoms with Gasteiger partial charge in [0.1, 0.15) is 0 Å². The molecule has 21 heavy (non-hydrogen) atoms. The third kappa shape index (κ3) is 3.65. The smallest absolute Gasteiger partial charge is 0.241 e. The first-order chi connectivity index (χ1) is 10.0. The fraction of sp³-hybridized carbons (Fsp3) is 0.611. The Kier molecular flexibility index (Phi) is 5.40. The monoisotopic (exact) mass is 288 g/mol. The van der Waals surface area contributed by atoms with Crippen LogP contribution in [0.2, 0.25) is 0 Å². The lowest BCUT2D eigenvalue weighted by atomic mass is 9.99. The Bertz CT molecular complexity index is 508. The number of hydrogen-bond donors (Lipinski definition) is 1. The number of hydrogen-bond acceptors (Lipinski definition) is 2. The molecule has 1 amide bonds. The van der Waals surface area contributed by atoms with Crippen LogP contribution in [0.3, 0.4) is 0 Å². The molecule has 0 unspecified atom stereocenters. The van der Waals surface area contributed by atoms with Gasteiger partial charge in [-0.3, -0.25) is 9.69 Å². The Labute approximate surface area is 128 Å². The number of anilines is 1. The SMILES string of the molecule is CCCN1CCCC[C@H]1C(=O)Nc1c(C)ccc(C)c1C. The summed E-state index contributed by atoms with van der Waals surface area (Å²) in [7, 11) is 0. The van der Waals surface area contributed by atoms with Gasteiger partial charge in [-0.2, -0.15) is 0 Å². The largest absolute Gasteiger partial charge is 0.324 e. The second kappa shape index (κ2) is 7.08. The first kappa shape index (κ1) is 16.0. The molecule has 0 spiro atoms. The van der Waals surface area contributed by atoms with E-state index in [2.05, 4.69) is 50.0 Å². The van der Waals surface area contributed by atoms with Crippen LogP contribution in [-0.4, -0.2) is 29.9 Å². The molecule has 0 bridgehead atoms. The second-order valence-corrected chi connectivity index (χ2v) is 6.24. The minimum Gasteiger partial charge on any atom is -0.324 e. The second-order valence-electron chi connectivity index (χ2n) is 6.24. The minimum atomic E-state index is 0.0398. The van der Waals surface area contributed by atoms with Gasteiger partial charge in [0.2, 0.25) is 5.91 Å². The van der Waals surface area contributed by atoms with Crippen molar-refractivity contribution in [3.8, 4) is 0 Å². The summed E-state index contributed by atoms with van der Waals surface area (Å²) in [5.41, 5.74) is 4.55. The number of aryl methyl sites for hydroxylation is 2. The molecule has 0 aromatic heterocycles. The quantitative estimate of drug-likeness (QED) is 0.913. The van der Waals surface area contributed by atoms with Crippen molar-refractivity contribution in [3.63, 3.8) is 0 Å². The average molecular weight is 288 g/mol. The first-order valence-corrected chi connectivity index (χ1v) is 8.16. The summed E-state index contributed by atoms with van der Waals surface area (Å²) in [4.78, 5) is 15.1. The zero-order valence-electron chi connectivity index (χ0n) is 13.8. The maximum absolute atomic E-state index is 12.7. The van der Waals surface area contributed by atoms with Crippen LogP contribution < -0.4 is 5.32 Å². The van der Waals surface area contributed by atoms with Gasteiger partial charge in [-0.15, -0.1) is 0 Å². The summed E-state index contributed by atoms with van der Waals surface area (Å²) in [6.45, 7) is 10.5. The zero-order valence-corrected chi connectivity index (χ0v) is 13.8. The molecule has 1 fully saturated rings. The fourth-order valence-corrected chi connectivity index (χ4v) is 3.19. The molecule has 0 saturated carbocycles. The fourth-order valence-electron chi connectivity index (χ4n) is 3.19. The summed E-state index contributed by atoms with van der Waals surface area (Å²) in [5.74, 6) is 0.167. The number of amides is 1. The van der Waals surface area contributed by atoms with E-state index in [-0.39, 0.29) is 11.9 Å². The topological polar surface area (TPSA) is 32.3 Å². The summed E-state index contributed by atoms with van der Waals surface area (Å²) >= 11 is 0. The molecular weight excluding hydrogens is 260 g/mol. The number of nitrogens with zero attached hydrogens (tertiary/aromatic N) is 1. The predicted octanol–water partition coefficient (Wildman–Crippen LogP) is 3.81. The normalized spacial score (nSPS) is 19.5. The van der Waals surface area contributed by atoms with Crippen molar-refractivity contribution >= 4 is 11.6 Å². The van der Waals surface area contributed by atoms with Crippen molar-refractivity contribution in [2.75, 3.05) is 18.4 Å². The van der Waals surface area contributed by atoms with E-state index in [0.29, 0.717) is 0 Å². The molecule has 3 heteroatoms. The van der Waals surface area contributed by atoms with Crippen molar-refractivity contribution in [2.24, 2.45) is 0 Å². The Morgan fingerprint density at radius 3 is 2.67 bits per heavy atom. The van der Waals surface area contributed by atoms with Crippen molar-refractivity contribution in [1.82, 2.24) is 4.90 Å². The van der Waals surface area contributed by atoms with E-state index in [4.69, 9.17) is 0 Å². The summed E-state index contributed by atoms with van der Waals surface area (Å²) < 4.78 is 0. The van der Waals surface area contributed by atoms with Gasteiger partial charge < -0.3 is 5.32 Å². The van der Waals surface area contributed by atoms with Gasteiger partial charge in [0.25, 0.3) is 0 Å². The molecular formula is C18H28N2O. The lowest BCUT2D eigenvalue weighted by Gasteiger charge is -2.34. The number of benzene rings is 1.